The summed E-state index contributed by atoms with van der Waals surface area (Å²) in [5, 5.41) is 4.60. The van der Waals surface area contributed by atoms with Gasteiger partial charge in [0, 0.05) is 11.8 Å². The van der Waals surface area contributed by atoms with Gasteiger partial charge in [-0.05, 0) is 18.9 Å². The van der Waals surface area contributed by atoms with E-state index in [4.69, 9.17) is 23.2 Å². The molecule has 2 aromatic heterocycles. The van der Waals surface area contributed by atoms with Gasteiger partial charge in [0.05, 0.1) is 15.9 Å². The van der Waals surface area contributed by atoms with Crippen molar-refractivity contribution in [3.05, 3.63) is 26.5 Å². The number of rotatable bonds is 3. The molecule has 0 aromatic carbocycles. The van der Waals surface area contributed by atoms with Crippen molar-refractivity contribution in [3.8, 4) is 11.3 Å². The minimum atomic E-state index is 0.393. The molecule has 1 aliphatic carbocycles. The molecule has 0 spiro atoms. The zero-order valence-corrected chi connectivity index (χ0v) is 13.1. The van der Waals surface area contributed by atoms with E-state index in [-0.39, 0.29) is 0 Å². The third-order valence-electron chi connectivity index (χ3n) is 3.75. The third-order valence-corrected chi connectivity index (χ3v) is 5.24. The second-order valence-corrected chi connectivity index (χ2v) is 7.35. The van der Waals surface area contributed by atoms with E-state index in [2.05, 4.69) is 5.10 Å². The van der Waals surface area contributed by atoms with Crippen LogP contribution >= 0.6 is 34.5 Å². The van der Waals surface area contributed by atoms with E-state index in [9.17, 15) is 4.79 Å². The average Bonchev–Trinajstić information content (AvgIpc) is 3.02. The van der Waals surface area contributed by atoms with Crippen LogP contribution in [-0.2, 0) is 0 Å². The summed E-state index contributed by atoms with van der Waals surface area (Å²) in [5.41, 5.74) is 1.96. The minimum Gasteiger partial charge on any atom is -0.298 e. The number of carbonyl (C=O) groups is 1. The van der Waals surface area contributed by atoms with Gasteiger partial charge in [-0.1, -0.05) is 42.5 Å². The second kappa shape index (κ2) is 5.88. The molecule has 3 rings (SSSR count). The lowest BCUT2D eigenvalue weighted by molar-refractivity contribution is 0.112. The molecular weight excluding hydrogens is 315 g/mol. The molecule has 6 heteroatoms. The first kappa shape index (κ1) is 14.1. The van der Waals surface area contributed by atoms with Gasteiger partial charge in [0.25, 0.3) is 0 Å². The molecule has 0 radical (unpaired) electrons. The fourth-order valence-electron chi connectivity index (χ4n) is 2.74. The van der Waals surface area contributed by atoms with Gasteiger partial charge in [0.1, 0.15) is 10.0 Å². The summed E-state index contributed by atoms with van der Waals surface area (Å²) in [5.74, 6) is 0. The van der Waals surface area contributed by atoms with Crippen LogP contribution in [0.5, 0.6) is 0 Å². The third kappa shape index (κ3) is 2.65. The maximum Gasteiger partial charge on any atom is 0.153 e. The van der Waals surface area contributed by atoms with Gasteiger partial charge in [-0.3, -0.25) is 9.48 Å². The molecule has 1 fully saturated rings. The molecule has 2 aromatic rings. The SMILES string of the molecule is O=Cc1cn(C2CCCCC2)nc1-c1cc(Cl)sc1Cl. The molecule has 1 saturated carbocycles. The standard InChI is InChI=1S/C14H14Cl2N2OS/c15-12-6-11(14(16)20-12)13-9(8-19)7-18(17-13)10-4-2-1-3-5-10/h6-8,10H,1-5H2. The maximum absolute atomic E-state index is 11.3. The van der Waals surface area contributed by atoms with Crippen LogP contribution in [-0.4, -0.2) is 16.1 Å². The number of halogens is 2. The molecule has 0 bridgehead atoms. The van der Waals surface area contributed by atoms with Crippen LogP contribution in [0.3, 0.4) is 0 Å². The monoisotopic (exact) mass is 328 g/mol. The van der Waals surface area contributed by atoms with Crippen LogP contribution < -0.4 is 0 Å². The predicted molar refractivity (Wildman–Crippen MR) is 83.1 cm³/mol. The predicted octanol–water partition coefficient (Wildman–Crippen LogP) is 5.24. The van der Waals surface area contributed by atoms with Gasteiger partial charge in [-0.25, -0.2) is 0 Å². The fourth-order valence-corrected chi connectivity index (χ4v) is 4.20. The Bertz CT molecular complexity index is 629. The first-order valence-electron chi connectivity index (χ1n) is 6.68. The van der Waals surface area contributed by atoms with Crippen molar-refractivity contribution in [1.29, 1.82) is 0 Å². The summed E-state index contributed by atoms with van der Waals surface area (Å²) in [6.07, 6.45) is 8.65. The van der Waals surface area contributed by atoms with Gasteiger partial charge in [-0.15, -0.1) is 11.3 Å². The summed E-state index contributed by atoms with van der Waals surface area (Å²) >= 11 is 13.4. The fraction of sp³-hybridized carbons (Fsp3) is 0.429. The van der Waals surface area contributed by atoms with Crippen molar-refractivity contribution >= 4 is 40.8 Å². The molecular formula is C14H14Cl2N2OS. The first-order valence-corrected chi connectivity index (χ1v) is 8.26. The Hall–Kier alpha value is -0.840. The van der Waals surface area contributed by atoms with E-state index in [1.54, 1.807) is 6.07 Å². The van der Waals surface area contributed by atoms with Gasteiger partial charge < -0.3 is 0 Å². The zero-order chi connectivity index (χ0) is 14.1. The lowest BCUT2D eigenvalue weighted by Crippen LogP contribution is -2.13. The van der Waals surface area contributed by atoms with Crippen LogP contribution in [0.2, 0.25) is 8.67 Å². The molecule has 20 heavy (non-hydrogen) atoms. The molecule has 0 atom stereocenters. The Balaban J connectivity index is 2.00. The first-order chi connectivity index (χ1) is 9.69. The van der Waals surface area contributed by atoms with E-state index in [1.165, 1.54) is 30.6 Å². The van der Waals surface area contributed by atoms with Crippen LogP contribution in [0, 0.1) is 0 Å². The Morgan fingerprint density at radius 1 is 1.30 bits per heavy atom. The molecule has 106 valence electrons. The van der Waals surface area contributed by atoms with Crippen LogP contribution in [0.1, 0.15) is 48.5 Å². The van der Waals surface area contributed by atoms with Crippen LogP contribution in [0.15, 0.2) is 12.3 Å². The van der Waals surface area contributed by atoms with Crippen LogP contribution in [0.25, 0.3) is 11.3 Å². The lowest BCUT2D eigenvalue weighted by Gasteiger charge is -2.21. The van der Waals surface area contributed by atoms with Crippen molar-refractivity contribution in [3.63, 3.8) is 0 Å². The van der Waals surface area contributed by atoms with E-state index >= 15 is 0 Å². The highest BCUT2D eigenvalue weighted by Crippen LogP contribution is 2.39. The summed E-state index contributed by atoms with van der Waals surface area (Å²) in [6.45, 7) is 0. The normalized spacial score (nSPS) is 16.5. The highest BCUT2D eigenvalue weighted by molar-refractivity contribution is 7.20. The van der Waals surface area contributed by atoms with Gasteiger partial charge in [-0.2, -0.15) is 5.10 Å². The van der Waals surface area contributed by atoms with Crippen molar-refractivity contribution in [2.45, 2.75) is 38.1 Å². The van der Waals surface area contributed by atoms with Crippen LogP contribution in [0.4, 0.5) is 0 Å². The van der Waals surface area contributed by atoms with E-state index in [1.807, 2.05) is 10.9 Å². The highest BCUT2D eigenvalue weighted by atomic mass is 35.5. The summed E-state index contributed by atoms with van der Waals surface area (Å²) in [7, 11) is 0. The summed E-state index contributed by atoms with van der Waals surface area (Å²) in [6, 6.07) is 2.17. The number of thiophene rings is 1. The molecule has 1 aliphatic rings. The number of carbonyl (C=O) groups excluding carboxylic acids is 1. The summed E-state index contributed by atoms with van der Waals surface area (Å²) in [4.78, 5) is 11.3. The smallest absolute Gasteiger partial charge is 0.153 e. The zero-order valence-electron chi connectivity index (χ0n) is 10.8. The van der Waals surface area contributed by atoms with E-state index in [0.717, 1.165) is 24.7 Å². The van der Waals surface area contributed by atoms with E-state index in [0.29, 0.717) is 26.0 Å². The Kier molecular flexibility index (Phi) is 4.15. The maximum atomic E-state index is 11.3. The topological polar surface area (TPSA) is 34.9 Å². The van der Waals surface area contributed by atoms with Gasteiger partial charge >= 0.3 is 0 Å². The van der Waals surface area contributed by atoms with Crippen molar-refractivity contribution < 1.29 is 4.79 Å². The van der Waals surface area contributed by atoms with Crippen molar-refractivity contribution in [1.82, 2.24) is 9.78 Å². The Morgan fingerprint density at radius 3 is 2.65 bits per heavy atom. The number of hydrogen-bond acceptors (Lipinski definition) is 3. The van der Waals surface area contributed by atoms with Gasteiger partial charge in [0.2, 0.25) is 0 Å². The van der Waals surface area contributed by atoms with E-state index < -0.39 is 0 Å². The average molecular weight is 329 g/mol. The van der Waals surface area contributed by atoms with Crippen molar-refractivity contribution in [2.24, 2.45) is 0 Å². The summed E-state index contributed by atoms with van der Waals surface area (Å²) < 4.78 is 3.11. The molecule has 0 aliphatic heterocycles. The largest absolute Gasteiger partial charge is 0.298 e. The minimum absolute atomic E-state index is 0.393. The number of aldehydes is 1. The number of hydrogen-bond donors (Lipinski definition) is 0. The molecule has 0 saturated heterocycles. The molecule has 0 N–H and O–H groups in total. The Morgan fingerprint density at radius 2 is 2.05 bits per heavy atom. The Labute approximate surface area is 131 Å². The molecule has 0 unspecified atom stereocenters. The lowest BCUT2D eigenvalue weighted by atomic mass is 9.96. The van der Waals surface area contributed by atoms with Crippen molar-refractivity contribution in [2.75, 3.05) is 0 Å². The molecule has 0 amide bonds. The highest BCUT2D eigenvalue weighted by Gasteiger charge is 2.21. The van der Waals surface area contributed by atoms with Gasteiger partial charge in [0.15, 0.2) is 6.29 Å². The molecule has 3 nitrogen and oxygen atoms in total. The quantitative estimate of drug-likeness (QED) is 0.722. The molecule has 2 heterocycles. The number of aromatic nitrogens is 2. The number of nitrogens with zero attached hydrogens (tertiary/aromatic N) is 2. The second-order valence-electron chi connectivity index (χ2n) is 5.06.